The van der Waals surface area contributed by atoms with E-state index in [2.05, 4.69) is 20.4 Å². The van der Waals surface area contributed by atoms with Gasteiger partial charge in [-0.05, 0) is 12.1 Å². The van der Waals surface area contributed by atoms with Gasteiger partial charge in [0, 0.05) is 12.0 Å². The maximum absolute atomic E-state index is 12.4. The van der Waals surface area contributed by atoms with Crippen LogP contribution in [-0.4, -0.2) is 25.5 Å². The van der Waals surface area contributed by atoms with Crippen LogP contribution in [0.25, 0.3) is 5.78 Å². The molecule has 0 aliphatic carbocycles. The van der Waals surface area contributed by atoms with Gasteiger partial charge in [0.2, 0.25) is 5.78 Å². The number of amides is 1. The van der Waals surface area contributed by atoms with Gasteiger partial charge in [0.25, 0.3) is 11.5 Å². The maximum atomic E-state index is 12.4. The molecule has 0 radical (unpaired) electrons. The van der Waals surface area contributed by atoms with E-state index >= 15 is 0 Å². The number of nitrogens with zero attached hydrogens (tertiary/aromatic N) is 3. The molecule has 118 valence electrons. The van der Waals surface area contributed by atoms with E-state index in [1.165, 1.54) is 10.6 Å². The molecule has 3 aromatic rings. The Morgan fingerprint density at radius 2 is 2.09 bits per heavy atom. The van der Waals surface area contributed by atoms with Crippen molar-refractivity contribution in [2.75, 3.05) is 5.32 Å². The van der Waals surface area contributed by atoms with Gasteiger partial charge in [-0.3, -0.25) is 14.6 Å². The van der Waals surface area contributed by atoms with Gasteiger partial charge in [0.05, 0.1) is 10.6 Å². The molecule has 2 aromatic heterocycles. The Morgan fingerprint density at radius 3 is 2.78 bits per heavy atom. The van der Waals surface area contributed by atoms with Crippen molar-refractivity contribution in [2.45, 2.75) is 19.8 Å². The molecule has 0 aliphatic rings. The van der Waals surface area contributed by atoms with Crippen LogP contribution in [-0.2, 0) is 0 Å². The van der Waals surface area contributed by atoms with Crippen LogP contribution in [0.2, 0.25) is 5.02 Å². The third-order valence-corrected chi connectivity index (χ3v) is 3.56. The second-order valence-electron chi connectivity index (χ2n) is 5.31. The van der Waals surface area contributed by atoms with Gasteiger partial charge in [-0.2, -0.15) is 9.50 Å². The Balaban J connectivity index is 2.04. The minimum Gasteiger partial charge on any atom is -0.306 e. The van der Waals surface area contributed by atoms with Gasteiger partial charge in [-0.25, -0.2) is 0 Å². The summed E-state index contributed by atoms with van der Waals surface area (Å²) >= 11 is 6.02. The number of aromatic nitrogens is 4. The predicted octanol–water partition coefficient (Wildman–Crippen LogP) is 2.45. The SMILES string of the molecule is CC(C)c1nc2[nH]c(=O)cc(NC(=O)c3ccccc3Cl)n2n1. The fourth-order valence-electron chi connectivity index (χ4n) is 2.07. The number of hydrogen-bond donors (Lipinski definition) is 2. The molecule has 3 rings (SSSR count). The average Bonchev–Trinajstić information content (AvgIpc) is 2.91. The summed E-state index contributed by atoms with van der Waals surface area (Å²) in [6.07, 6.45) is 0. The molecule has 2 heterocycles. The predicted molar refractivity (Wildman–Crippen MR) is 87.1 cm³/mol. The fourth-order valence-corrected chi connectivity index (χ4v) is 2.29. The van der Waals surface area contributed by atoms with E-state index in [1.807, 2.05) is 13.8 Å². The molecule has 0 bridgehead atoms. The first kappa shape index (κ1) is 15.2. The summed E-state index contributed by atoms with van der Waals surface area (Å²) in [4.78, 5) is 31.0. The summed E-state index contributed by atoms with van der Waals surface area (Å²) in [5.74, 6) is 0.735. The van der Waals surface area contributed by atoms with E-state index in [0.29, 0.717) is 16.4 Å². The standard InChI is InChI=1S/C15H14ClN5O2/c1-8(2)13-19-15-18-12(22)7-11(21(15)20-13)17-14(23)9-5-3-4-6-10(9)16/h3-8H,1-2H3,(H,17,23)(H,18,19,20,22). The number of hydrogen-bond acceptors (Lipinski definition) is 4. The molecule has 1 amide bonds. The maximum Gasteiger partial charge on any atom is 0.258 e. The first-order chi connectivity index (χ1) is 11.0. The molecule has 0 saturated carbocycles. The minimum absolute atomic E-state index is 0.0884. The monoisotopic (exact) mass is 331 g/mol. The normalized spacial score (nSPS) is 11.1. The Kier molecular flexibility index (Phi) is 3.87. The number of carbonyl (C=O) groups is 1. The zero-order chi connectivity index (χ0) is 16.6. The molecule has 0 atom stereocenters. The summed E-state index contributed by atoms with van der Waals surface area (Å²) in [6, 6.07) is 7.91. The van der Waals surface area contributed by atoms with E-state index in [0.717, 1.165) is 0 Å². The molecule has 0 aliphatic heterocycles. The van der Waals surface area contributed by atoms with E-state index in [9.17, 15) is 9.59 Å². The van der Waals surface area contributed by atoms with Gasteiger partial charge in [0.1, 0.15) is 5.82 Å². The van der Waals surface area contributed by atoms with Crippen LogP contribution in [0.5, 0.6) is 0 Å². The first-order valence-electron chi connectivity index (χ1n) is 7.01. The molecule has 0 fully saturated rings. The highest BCUT2D eigenvalue weighted by atomic mass is 35.5. The van der Waals surface area contributed by atoms with Crippen molar-refractivity contribution < 1.29 is 4.79 Å². The third kappa shape index (κ3) is 2.95. The van der Waals surface area contributed by atoms with Gasteiger partial charge in [-0.1, -0.05) is 37.6 Å². The lowest BCUT2D eigenvalue weighted by Gasteiger charge is -2.07. The highest BCUT2D eigenvalue weighted by Gasteiger charge is 2.15. The summed E-state index contributed by atoms with van der Waals surface area (Å²) in [5, 5.41) is 7.29. The average molecular weight is 332 g/mol. The lowest BCUT2D eigenvalue weighted by molar-refractivity contribution is 0.102. The van der Waals surface area contributed by atoms with Crippen molar-refractivity contribution in [3.05, 3.63) is 57.1 Å². The summed E-state index contributed by atoms with van der Waals surface area (Å²) in [6.45, 7) is 3.88. The van der Waals surface area contributed by atoms with Crippen molar-refractivity contribution in [2.24, 2.45) is 0 Å². The molecule has 7 nitrogen and oxygen atoms in total. The molecule has 0 spiro atoms. The molecular weight excluding hydrogens is 318 g/mol. The smallest absolute Gasteiger partial charge is 0.258 e. The van der Waals surface area contributed by atoms with E-state index in [4.69, 9.17) is 11.6 Å². The summed E-state index contributed by atoms with van der Waals surface area (Å²) in [5.41, 5.74) is -0.0681. The van der Waals surface area contributed by atoms with E-state index in [1.54, 1.807) is 24.3 Å². The lowest BCUT2D eigenvalue weighted by Crippen LogP contribution is -2.19. The molecule has 2 N–H and O–H groups in total. The quantitative estimate of drug-likeness (QED) is 0.771. The van der Waals surface area contributed by atoms with Crippen molar-refractivity contribution in [3.63, 3.8) is 0 Å². The number of aromatic amines is 1. The van der Waals surface area contributed by atoms with Crippen molar-refractivity contribution in [3.8, 4) is 0 Å². The highest BCUT2D eigenvalue weighted by molar-refractivity contribution is 6.34. The molecule has 23 heavy (non-hydrogen) atoms. The Labute approximate surface area is 136 Å². The van der Waals surface area contributed by atoms with Crippen LogP contribution >= 0.6 is 11.6 Å². The second kappa shape index (κ2) is 5.85. The number of carbonyl (C=O) groups excluding carboxylic acids is 1. The van der Waals surface area contributed by atoms with Gasteiger partial charge < -0.3 is 5.32 Å². The zero-order valence-corrected chi connectivity index (χ0v) is 13.3. The number of H-pyrrole nitrogens is 1. The first-order valence-corrected chi connectivity index (χ1v) is 7.39. The molecule has 0 saturated heterocycles. The van der Waals surface area contributed by atoms with Crippen LogP contribution in [0.4, 0.5) is 5.82 Å². The summed E-state index contributed by atoms with van der Waals surface area (Å²) in [7, 11) is 0. The Morgan fingerprint density at radius 1 is 1.35 bits per heavy atom. The summed E-state index contributed by atoms with van der Waals surface area (Å²) < 4.78 is 1.39. The Bertz CT molecular complexity index is 944. The number of anilines is 1. The number of fused-ring (bicyclic) bond motifs is 1. The van der Waals surface area contributed by atoms with Gasteiger partial charge in [-0.15, -0.1) is 5.10 Å². The third-order valence-electron chi connectivity index (χ3n) is 3.23. The van der Waals surface area contributed by atoms with E-state index < -0.39 is 5.91 Å². The van der Waals surface area contributed by atoms with Crippen LogP contribution < -0.4 is 10.9 Å². The van der Waals surface area contributed by atoms with Crippen LogP contribution in [0.1, 0.15) is 35.9 Å². The van der Waals surface area contributed by atoms with Crippen molar-refractivity contribution >= 4 is 29.1 Å². The van der Waals surface area contributed by atoms with Crippen molar-refractivity contribution in [1.29, 1.82) is 0 Å². The number of halogens is 1. The number of rotatable bonds is 3. The van der Waals surface area contributed by atoms with Crippen LogP contribution in [0.3, 0.4) is 0 Å². The van der Waals surface area contributed by atoms with Crippen LogP contribution in [0, 0.1) is 0 Å². The van der Waals surface area contributed by atoms with E-state index in [-0.39, 0.29) is 23.1 Å². The lowest BCUT2D eigenvalue weighted by atomic mass is 10.2. The van der Waals surface area contributed by atoms with Gasteiger partial charge in [0.15, 0.2) is 5.82 Å². The number of nitrogens with one attached hydrogen (secondary N) is 2. The van der Waals surface area contributed by atoms with Crippen LogP contribution in [0.15, 0.2) is 35.1 Å². The van der Waals surface area contributed by atoms with Crippen molar-refractivity contribution in [1.82, 2.24) is 19.6 Å². The molecule has 1 aromatic carbocycles. The Hall–Kier alpha value is -2.67. The molecular formula is C15H14ClN5O2. The fraction of sp³-hybridized carbons (Fsp3) is 0.200. The zero-order valence-electron chi connectivity index (χ0n) is 12.5. The molecule has 8 heteroatoms. The molecule has 0 unspecified atom stereocenters. The second-order valence-corrected chi connectivity index (χ2v) is 5.72. The number of benzene rings is 1. The topological polar surface area (TPSA) is 92.1 Å². The highest BCUT2D eigenvalue weighted by Crippen LogP contribution is 2.17. The minimum atomic E-state index is -0.427. The largest absolute Gasteiger partial charge is 0.306 e. The van der Waals surface area contributed by atoms with Gasteiger partial charge >= 0.3 is 0 Å².